The molecule has 2 heteroatoms. The summed E-state index contributed by atoms with van der Waals surface area (Å²) in [6.45, 7) is 5.08. The molecular weight excluding hydrogens is 165 g/mol. The fourth-order valence-electron chi connectivity index (χ4n) is 1.60. The van der Waals surface area contributed by atoms with Gasteiger partial charge in [-0.3, -0.25) is 4.90 Å². The van der Waals surface area contributed by atoms with Gasteiger partial charge in [0.2, 0.25) is 0 Å². The summed E-state index contributed by atoms with van der Waals surface area (Å²) in [4.78, 5) is 2.34. The molecule has 0 spiro atoms. The van der Waals surface area contributed by atoms with Crippen LogP contribution in [0.25, 0.3) is 0 Å². The van der Waals surface area contributed by atoms with E-state index in [0.717, 1.165) is 30.8 Å². The molecule has 0 atom stereocenters. The molecular formula is C11H14FN. The van der Waals surface area contributed by atoms with Crippen LogP contribution in [0.1, 0.15) is 17.5 Å². The van der Waals surface area contributed by atoms with E-state index in [4.69, 9.17) is 0 Å². The zero-order valence-electron chi connectivity index (χ0n) is 7.89. The van der Waals surface area contributed by atoms with Crippen LogP contribution in [-0.4, -0.2) is 18.0 Å². The van der Waals surface area contributed by atoms with Crippen molar-refractivity contribution in [1.82, 2.24) is 4.90 Å². The van der Waals surface area contributed by atoms with Crippen LogP contribution in [0.4, 0.5) is 4.39 Å². The minimum Gasteiger partial charge on any atom is -0.299 e. The number of hydrogen-bond donors (Lipinski definition) is 0. The van der Waals surface area contributed by atoms with E-state index in [0.29, 0.717) is 0 Å². The molecule has 1 nitrogen and oxygen atoms in total. The first kappa shape index (κ1) is 8.70. The summed E-state index contributed by atoms with van der Waals surface area (Å²) < 4.78 is 13.1. The summed E-state index contributed by atoms with van der Waals surface area (Å²) in [5.41, 5.74) is 1.93. The van der Waals surface area contributed by atoms with Crippen molar-refractivity contribution in [1.29, 1.82) is 0 Å². The zero-order chi connectivity index (χ0) is 9.26. The topological polar surface area (TPSA) is 3.24 Å². The highest BCUT2D eigenvalue weighted by Crippen LogP contribution is 2.17. The van der Waals surface area contributed by atoms with Gasteiger partial charge in [0, 0.05) is 6.54 Å². The second-order valence-electron chi connectivity index (χ2n) is 3.65. The predicted octanol–water partition coefficient (Wildman–Crippen LogP) is 2.34. The van der Waals surface area contributed by atoms with Crippen molar-refractivity contribution in [3.05, 3.63) is 35.1 Å². The maximum absolute atomic E-state index is 13.1. The van der Waals surface area contributed by atoms with Gasteiger partial charge in [0.05, 0.1) is 0 Å². The van der Waals surface area contributed by atoms with E-state index < -0.39 is 0 Å². The lowest BCUT2D eigenvalue weighted by Gasteiger charge is -2.31. The van der Waals surface area contributed by atoms with Gasteiger partial charge >= 0.3 is 0 Å². The first-order valence-electron chi connectivity index (χ1n) is 4.74. The molecule has 0 N–H and O–H groups in total. The highest BCUT2D eigenvalue weighted by molar-refractivity contribution is 5.27. The number of halogens is 1. The molecule has 2 rings (SSSR count). The Morgan fingerprint density at radius 1 is 1.38 bits per heavy atom. The lowest BCUT2D eigenvalue weighted by Crippen LogP contribution is -2.36. The third-order valence-corrected chi connectivity index (χ3v) is 2.72. The number of rotatable bonds is 2. The Labute approximate surface area is 78.2 Å². The SMILES string of the molecule is Cc1c(F)cccc1CN1CCC1. The molecule has 1 heterocycles. The van der Waals surface area contributed by atoms with Crippen LogP contribution in [0.2, 0.25) is 0 Å². The lowest BCUT2D eigenvalue weighted by molar-refractivity contribution is 0.172. The molecule has 1 aliphatic heterocycles. The second kappa shape index (κ2) is 3.46. The predicted molar refractivity (Wildman–Crippen MR) is 51.0 cm³/mol. The molecule has 0 aromatic heterocycles. The lowest BCUT2D eigenvalue weighted by atomic mass is 10.1. The third-order valence-electron chi connectivity index (χ3n) is 2.72. The minimum absolute atomic E-state index is 0.0852. The quantitative estimate of drug-likeness (QED) is 0.673. The average molecular weight is 179 g/mol. The van der Waals surface area contributed by atoms with Gasteiger partial charge in [-0.05, 0) is 43.6 Å². The summed E-state index contributed by atoms with van der Waals surface area (Å²) in [6, 6.07) is 5.32. The van der Waals surface area contributed by atoms with E-state index >= 15 is 0 Å². The smallest absolute Gasteiger partial charge is 0.126 e. The van der Waals surface area contributed by atoms with Gasteiger partial charge in [-0.2, -0.15) is 0 Å². The van der Waals surface area contributed by atoms with Crippen LogP contribution in [0.5, 0.6) is 0 Å². The molecule has 1 saturated heterocycles. The normalized spacial score (nSPS) is 17.1. The molecule has 0 saturated carbocycles. The van der Waals surface area contributed by atoms with Crippen LogP contribution in [0.3, 0.4) is 0 Å². The Bertz CT molecular complexity index is 305. The standard InChI is InChI=1S/C11H14FN/c1-9-10(4-2-5-11(9)12)8-13-6-3-7-13/h2,4-5H,3,6-8H2,1H3. The fourth-order valence-corrected chi connectivity index (χ4v) is 1.60. The monoisotopic (exact) mass is 179 g/mol. The highest BCUT2D eigenvalue weighted by Gasteiger charge is 2.15. The van der Waals surface area contributed by atoms with E-state index in [1.54, 1.807) is 6.07 Å². The van der Waals surface area contributed by atoms with Gasteiger partial charge in [0.1, 0.15) is 5.82 Å². The fraction of sp³-hybridized carbons (Fsp3) is 0.455. The van der Waals surface area contributed by atoms with Crippen LogP contribution >= 0.6 is 0 Å². The molecule has 1 aromatic rings. The number of hydrogen-bond acceptors (Lipinski definition) is 1. The van der Waals surface area contributed by atoms with Crippen molar-refractivity contribution in [2.75, 3.05) is 13.1 Å². The van der Waals surface area contributed by atoms with Crippen molar-refractivity contribution in [2.45, 2.75) is 19.9 Å². The molecule has 0 unspecified atom stereocenters. The Hall–Kier alpha value is -0.890. The zero-order valence-corrected chi connectivity index (χ0v) is 7.89. The van der Waals surface area contributed by atoms with Gasteiger partial charge in [0.25, 0.3) is 0 Å². The van der Waals surface area contributed by atoms with Gasteiger partial charge in [-0.1, -0.05) is 12.1 Å². The second-order valence-corrected chi connectivity index (χ2v) is 3.65. The molecule has 0 bridgehead atoms. The molecule has 1 fully saturated rings. The molecule has 1 aliphatic rings. The minimum atomic E-state index is -0.0852. The van der Waals surface area contributed by atoms with Crippen molar-refractivity contribution in [3.8, 4) is 0 Å². The van der Waals surface area contributed by atoms with E-state index in [-0.39, 0.29) is 5.82 Å². The Morgan fingerprint density at radius 3 is 2.77 bits per heavy atom. The van der Waals surface area contributed by atoms with E-state index in [1.165, 1.54) is 12.5 Å². The van der Waals surface area contributed by atoms with Gasteiger partial charge in [-0.15, -0.1) is 0 Å². The largest absolute Gasteiger partial charge is 0.299 e. The maximum atomic E-state index is 13.1. The average Bonchev–Trinajstić information content (AvgIpc) is 2.04. The van der Waals surface area contributed by atoms with Crippen LogP contribution in [-0.2, 0) is 6.54 Å². The molecule has 1 aromatic carbocycles. The van der Waals surface area contributed by atoms with Gasteiger partial charge in [-0.25, -0.2) is 4.39 Å². The van der Waals surface area contributed by atoms with Crippen molar-refractivity contribution < 1.29 is 4.39 Å². The number of nitrogens with zero attached hydrogens (tertiary/aromatic N) is 1. The third kappa shape index (κ3) is 1.73. The Morgan fingerprint density at radius 2 is 2.15 bits per heavy atom. The van der Waals surface area contributed by atoms with Crippen molar-refractivity contribution >= 4 is 0 Å². The summed E-state index contributed by atoms with van der Waals surface area (Å²) in [5.74, 6) is -0.0852. The summed E-state index contributed by atoms with van der Waals surface area (Å²) >= 11 is 0. The van der Waals surface area contributed by atoms with E-state index in [9.17, 15) is 4.39 Å². The van der Waals surface area contributed by atoms with Crippen molar-refractivity contribution in [2.24, 2.45) is 0 Å². The highest BCUT2D eigenvalue weighted by atomic mass is 19.1. The van der Waals surface area contributed by atoms with Crippen molar-refractivity contribution in [3.63, 3.8) is 0 Å². The first-order valence-corrected chi connectivity index (χ1v) is 4.74. The number of benzene rings is 1. The molecule has 0 amide bonds. The first-order chi connectivity index (χ1) is 6.27. The summed E-state index contributed by atoms with van der Waals surface area (Å²) in [7, 11) is 0. The van der Waals surface area contributed by atoms with Crippen LogP contribution in [0.15, 0.2) is 18.2 Å². The van der Waals surface area contributed by atoms with E-state index in [1.807, 2.05) is 13.0 Å². The number of likely N-dealkylation sites (tertiary alicyclic amines) is 1. The van der Waals surface area contributed by atoms with E-state index in [2.05, 4.69) is 4.90 Å². The van der Waals surface area contributed by atoms with Gasteiger partial charge in [0.15, 0.2) is 0 Å². The molecule has 70 valence electrons. The molecule has 0 radical (unpaired) electrons. The summed E-state index contributed by atoms with van der Waals surface area (Å²) in [5, 5.41) is 0. The summed E-state index contributed by atoms with van der Waals surface area (Å²) in [6.07, 6.45) is 1.29. The maximum Gasteiger partial charge on any atom is 0.126 e. The van der Waals surface area contributed by atoms with Crippen LogP contribution in [0, 0.1) is 12.7 Å². The van der Waals surface area contributed by atoms with Gasteiger partial charge < -0.3 is 0 Å². The molecule has 13 heavy (non-hydrogen) atoms. The molecule has 0 aliphatic carbocycles. The Kier molecular flexibility index (Phi) is 2.32. The van der Waals surface area contributed by atoms with Crippen LogP contribution < -0.4 is 0 Å². The Balaban J connectivity index is 2.14.